The van der Waals surface area contributed by atoms with Crippen molar-refractivity contribution < 1.29 is 13.5 Å². The summed E-state index contributed by atoms with van der Waals surface area (Å²) in [6, 6.07) is 8.07. The highest BCUT2D eigenvalue weighted by Gasteiger charge is 2.14. The van der Waals surface area contributed by atoms with Crippen molar-refractivity contribution in [1.82, 2.24) is 4.98 Å². The van der Waals surface area contributed by atoms with Crippen LogP contribution in [0.3, 0.4) is 0 Å². The van der Waals surface area contributed by atoms with Crippen LogP contribution in [-0.4, -0.2) is 18.5 Å². The molecule has 0 saturated carbocycles. The molecule has 0 unspecified atom stereocenters. The number of fused-ring (bicyclic) bond motifs is 1. The summed E-state index contributed by atoms with van der Waals surface area (Å²) < 4.78 is 24.5. The van der Waals surface area contributed by atoms with Crippen LogP contribution in [0.15, 0.2) is 44.2 Å². The minimum absolute atomic E-state index is 0.0792. The quantitative estimate of drug-likeness (QED) is 0.513. The number of anilines is 1. The van der Waals surface area contributed by atoms with Crippen molar-refractivity contribution in [2.75, 3.05) is 5.32 Å². The molecule has 3 rings (SSSR count). The summed E-state index contributed by atoms with van der Waals surface area (Å²) in [5.74, 6) is 0.135. The lowest BCUT2D eigenvalue weighted by Gasteiger charge is -2.04. The number of halogens is 2. The molecule has 0 bridgehead atoms. The number of nitrogens with one attached hydrogen (secondary N) is 1. The van der Waals surface area contributed by atoms with Gasteiger partial charge in [-0.1, -0.05) is 23.5 Å². The van der Waals surface area contributed by atoms with E-state index in [-0.39, 0.29) is 10.6 Å². The van der Waals surface area contributed by atoms with Crippen molar-refractivity contribution in [1.29, 1.82) is 0 Å². The van der Waals surface area contributed by atoms with E-state index >= 15 is 0 Å². The number of hydrogen-bond acceptors (Lipinski definition) is 6. The molecule has 0 aliphatic heterocycles. The van der Waals surface area contributed by atoms with Gasteiger partial charge in [0.1, 0.15) is 5.75 Å². The molecule has 10 heteroatoms. The predicted molar refractivity (Wildman–Crippen MR) is 102 cm³/mol. The smallest absolute Gasteiger partial charge is 0.238 e. The Kier molecular flexibility index (Phi) is 4.85. The molecular weight excluding hydrogens is 482 g/mol. The van der Waals surface area contributed by atoms with E-state index in [0.29, 0.717) is 20.6 Å². The number of hydrogen-bond donors (Lipinski definition) is 3. The fourth-order valence-corrected chi connectivity index (χ4v) is 4.77. The average molecular weight is 493 g/mol. The number of thiazole rings is 1. The van der Waals surface area contributed by atoms with Gasteiger partial charge in [-0.25, -0.2) is 18.5 Å². The number of primary sulfonamides is 1. The van der Waals surface area contributed by atoms with Crippen molar-refractivity contribution in [3.8, 4) is 5.75 Å². The number of aromatic nitrogens is 1. The lowest BCUT2D eigenvalue weighted by Crippen LogP contribution is -2.12. The van der Waals surface area contributed by atoms with Crippen LogP contribution in [0.4, 0.5) is 5.13 Å². The van der Waals surface area contributed by atoms with Crippen LogP contribution in [0.2, 0.25) is 0 Å². The minimum atomic E-state index is -3.68. The molecule has 4 N–H and O–H groups in total. The van der Waals surface area contributed by atoms with Crippen molar-refractivity contribution in [3.63, 3.8) is 0 Å². The summed E-state index contributed by atoms with van der Waals surface area (Å²) in [5.41, 5.74) is 1.65. The van der Waals surface area contributed by atoms with Gasteiger partial charge in [-0.3, -0.25) is 0 Å². The van der Waals surface area contributed by atoms with Gasteiger partial charge in [-0.15, -0.1) is 0 Å². The van der Waals surface area contributed by atoms with Gasteiger partial charge in [-0.2, -0.15) is 0 Å². The molecule has 2 aromatic carbocycles. The third kappa shape index (κ3) is 3.57. The summed E-state index contributed by atoms with van der Waals surface area (Å²) in [6.45, 7) is 0.482. The van der Waals surface area contributed by atoms with Crippen LogP contribution in [0.25, 0.3) is 10.2 Å². The van der Waals surface area contributed by atoms with Crippen molar-refractivity contribution >= 4 is 68.6 Å². The molecule has 0 aliphatic rings. The summed E-state index contributed by atoms with van der Waals surface area (Å²) in [7, 11) is -3.68. The second-order valence-electron chi connectivity index (χ2n) is 4.93. The normalized spacial score (nSPS) is 11.8. The van der Waals surface area contributed by atoms with Gasteiger partial charge in [0.2, 0.25) is 10.0 Å². The molecule has 0 radical (unpaired) electrons. The Morgan fingerprint density at radius 1 is 1.25 bits per heavy atom. The number of sulfonamides is 1. The topological polar surface area (TPSA) is 105 Å². The first-order valence-corrected chi connectivity index (χ1v) is 10.5. The van der Waals surface area contributed by atoms with Crippen molar-refractivity contribution in [2.24, 2.45) is 5.14 Å². The van der Waals surface area contributed by atoms with E-state index in [1.165, 1.54) is 23.5 Å². The highest BCUT2D eigenvalue weighted by Crippen LogP contribution is 2.42. The summed E-state index contributed by atoms with van der Waals surface area (Å²) >= 11 is 8.05. The zero-order valence-electron chi connectivity index (χ0n) is 12.0. The molecule has 0 amide bonds. The highest BCUT2D eigenvalue weighted by molar-refractivity contribution is 9.11. The van der Waals surface area contributed by atoms with E-state index in [1.807, 2.05) is 0 Å². The Morgan fingerprint density at radius 3 is 2.54 bits per heavy atom. The molecule has 1 heterocycles. The van der Waals surface area contributed by atoms with E-state index in [9.17, 15) is 13.5 Å². The second kappa shape index (κ2) is 6.60. The van der Waals surface area contributed by atoms with Crippen LogP contribution in [0, 0.1) is 0 Å². The van der Waals surface area contributed by atoms with Gasteiger partial charge >= 0.3 is 0 Å². The standard InChI is InChI=1S/C14H11Br2N3O3S2/c15-9-5-10-13(11(16)12(9)20)23-14(19-10)18-6-7-1-3-8(4-2-7)24(17,21)22/h1-5,20H,6H2,(H,18,19)(H2,17,21,22). The average Bonchev–Trinajstić information content (AvgIpc) is 2.93. The number of aromatic hydroxyl groups is 1. The first-order valence-electron chi connectivity index (χ1n) is 6.59. The van der Waals surface area contributed by atoms with Gasteiger partial charge in [0.05, 0.1) is 24.1 Å². The largest absolute Gasteiger partial charge is 0.506 e. The fraction of sp³-hybridized carbons (Fsp3) is 0.0714. The number of phenolic OH excluding ortho intramolecular Hbond substituents is 1. The first-order chi connectivity index (χ1) is 11.3. The Balaban J connectivity index is 1.80. The molecule has 3 aromatic rings. The number of nitrogens with zero attached hydrogens (tertiary/aromatic N) is 1. The maximum atomic E-state index is 11.2. The molecular formula is C14H11Br2N3O3S2. The number of nitrogens with two attached hydrogens (primary N) is 1. The van der Waals surface area contributed by atoms with Crippen LogP contribution in [-0.2, 0) is 16.6 Å². The van der Waals surface area contributed by atoms with Gasteiger partial charge in [-0.05, 0) is 55.6 Å². The lowest BCUT2D eigenvalue weighted by atomic mass is 10.2. The lowest BCUT2D eigenvalue weighted by molar-refractivity contribution is 0.469. The van der Waals surface area contributed by atoms with Gasteiger partial charge in [0, 0.05) is 6.54 Å². The van der Waals surface area contributed by atoms with Gasteiger partial charge in [0.25, 0.3) is 0 Å². The number of phenols is 1. The Hall–Kier alpha value is -1.20. The molecule has 126 valence electrons. The minimum Gasteiger partial charge on any atom is -0.506 e. The van der Waals surface area contributed by atoms with Gasteiger partial charge in [0.15, 0.2) is 5.13 Å². The molecule has 0 fully saturated rings. The SMILES string of the molecule is NS(=O)(=O)c1ccc(CNc2nc3cc(Br)c(O)c(Br)c3s2)cc1. The van der Waals surface area contributed by atoms with Crippen LogP contribution >= 0.6 is 43.2 Å². The van der Waals surface area contributed by atoms with Gasteiger partial charge < -0.3 is 10.4 Å². The van der Waals surface area contributed by atoms with Crippen LogP contribution < -0.4 is 10.5 Å². The van der Waals surface area contributed by atoms with Crippen LogP contribution in [0.1, 0.15) is 5.56 Å². The molecule has 1 aromatic heterocycles. The predicted octanol–water partition coefficient (Wildman–Crippen LogP) is 3.79. The summed E-state index contributed by atoms with van der Waals surface area (Å²) in [4.78, 5) is 4.55. The molecule has 0 atom stereocenters. The third-order valence-electron chi connectivity index (χ3n) is 3.25. The molecule has 0 spiro atoms. The summed E-state index contributed by atoms with van der Waals surface area (Å²) in [6.07, 6.45) is 0. The fourth-order valence-electron chi connectivity index (χ4n) is 2.04. The monoisotopic (exact) mass is 491 g/mol. The van der Waals surface area contributed by atoms with E-state index < -0.39 is 10.0 Å². The highest BCUT2D eigenvalue weighted by atomic mass is 79.9. The van der Waals surface area contributed by atoms with Crippen molar-refractivity contribution in [2.45, 2.75) is 11.4 Å². The molecule has 0 aliphatic carbocycles. The number of rotatable bonds is 4. The second-order valence-corrected chi connectivity index (χ2v) is 9.14. The summed E-state index contributed by atoms with van der Waals surface area (Å²) in [5, 5.41) is 18.9. The number of benzene rings is 2. The van der Waals surface area contributed by atoms with Crippen molar-refractivity contribution in [3.05, 3.63) is 44.8 Å². The Morgan fingerprint density at radius 2 is 1.92 bits per heavy atom. The molecule has 6 nitrogen and oxygen atoms in total. The zero-order valence-corrected chi connectivity index (χ0v) is 16.8. The van der Waals surface area contributed by atoms with E-state index in [2.05, 4.69) is 42.2 Å². The maximum Gasteiger partial charge on any atom is 0.238 e. The zero-order chi connectivity index (χ0) is 17.5. The van der Waals surface area contributed by atoms with E-state index in [1.54, 1.807) is 18.2 Å². The van der Waals surface area contributed by atoms with E-state index in [4.69, 9.17) is 5.14 Å². The molecule has 0 saturated heterocycles. The Bertz CT molecular complexity index is 1020. The molecule has 24 heavy (non-hydrogen) atoms. The van der Waals surface area contributed by atoms with E-state index in [0.717, 1.165) is 15.8 Å². The van der Waals surface area contributed by atoms with Crippen LogP contribution in [0.5, 0.6) is 5.75 Å². The first kappa shape index (κ1) is 17.6. The third-order valence-corrected chi connectivity index (χ3v) is 6.86. The maximum absolute atomic E-state index is 11.2. The Labute approximate surface area is 159 Å².